The number of urea groups is 1. The molecule has 6 nitrogen and oxygen atoms in total. The molecule has 1 saturated heterocycles. The van der Waals surface area contributed by atoms with Crippen LogP contribution in [0.1, 0.15) is 37.8 Å². The number of amides is 4. The van der Waals surface area contributed by atoms with Gasteiger partial charge in [-0.05, 0) is 53.6 Å². The van der Waals surface area contributed by atoms with Crippen molar-refractivity contribution in [3.05, 3.63) is 53.6 Å². The maximum Gasteiger partial charge on any atom is 0.325 e. The van der Waals surface area contributed by atoms with E-state index in [0.29, 0.717) is 18.5 Å². The highest BCUT2D eigenvalue weighted by atomic mass is 16.2. The van der Waals surface area contributed by atoms with E-state index in [1.165, 1.54) is 16.7 Å². The molecule has 4 rings (SSSR count). The Labute approximate surface area is 163 Å². The fraction of sp³-hybridized carbons (Fsp3) is 0.318. The number of benzene rings is 2. The van der Waals surface area contributed by atoms with Crippen LogP contribution in [-0.4, -0.2) is 34.8 Å². The van der Waals surface area contributed by atoms with Crippen LogP contribution in [0.25, 0.3) is 11.1 Å². The minimum absolute atomic E-state index is 0.288. The van der Waals surface area contributed by atoms with Crippen molar-refractivity contribution in [1.29, 1.82) is 0 Å². The van der Waals surface area contributed by atoms with Gasteiger partial charge in [-0.1, -0.05) is 44.2 Å². The second-order valence-corrected chi connectivity index (χ2v) is 7.36. The highest BCUT2D eigenvalue weighted by molar-refractivity contribution is 6.10. The Morgan fingerprint density at radius 2 is 1.79 bits per heavy atom. The lowest BCUT2D eigenvalue weighted by atomic mass is 9.93. The number of nitrogens with one attached hydrogen (secondary N) is 2. The van der Waals surface area contributed by atoms with Gasteiger partial charge in [0, 0.05) is 5.69 Å². The quantitative estimate of drug-likeness (QED) is 0.670. The monoisotopic (exact) mass is 377 g/mol. The van der Waals surface area contributed by atoms with Crippen LogP contribution in [0.2, 0.25) is 0 Å². The molecule has 0 bridgehead atoms. The first-order valence-electron chi connectivity index (χ1n) is 9.62. The van der Waals surface area contributed by atoms with Crippen molar-refractivity contribution >= 4 is 23.5 Å². The summed E-state index contributed by atoms with van der Waals surface area (Å²) in [5, 5.41) is 5.55. The molecule has 144 valence electrons. The molecule has 2 aliphatic rings. The van der Waals surface area contributed by atoms with Crippen LogP contribution >= 0.6 is 0 Å². The van der Waals surface area contributed by atoms with Gasteiger partial charge in [-0.25, -0.2) is 4.79 Å². The minimum atomic E-state index is -0.892. The summed E-state index contributed by atoms with van der Waals surface area (Å²) in [7, 11) is 0. The van der Waals surface area contributed by atoms with Crippen molar-refractivity contribution in [2.24, 2.45) is 0 Å². The predicted octanol–water partition coefficient (Wildman–Crippen LogP) is 3.31. The summed E-state index contributed by atoms with van der Waals surface area (Å²) >= 11 is 0. The van der Waals surface area contributed by atoms with Gasteiger partial charge in [0.05, 0.1) is 0 Å². The van der Waals surface area contributed by atoms with Gasteiger partial charge in [-0.3, -0.25) is 14.5 Å². The Morgan fingerprint density at radius 1 is 1.07 bits per heavy atom. The van der Waals surface area contributed by atoms with Crippen molar-refractivity contribution < 1.29 is 14.4 Å². The fourth-order valence-corrected chi connectivity index (χ4v) is 4.12. The van der Waals surface area contributed by atoms with Crippen LogP contribution < -0.4 is 10.6 Å². The van der Waals surface area contributed by atoms with Gasteiger partial charge in [-0.2, -0.15) is 0 Å². The maximum atomic E-state index is 12.6. The molecule has 2 N–H and O–H groups in total. The van der Waals surface area contributed by atoms with Crippen LogP contribution in [0.15, 0.2) is 42.5 Å². The number of anilines is 1. The lowest BCUT2D eigenvalue weighted by Gasteiger charge is -2.23. The van der Waals surface area contributed by atoms with E-state index in [0.717, 1.165) is 16.9 Å². The van der Waals surface area contributed by atoms with Gasteiger partial charge in [0.15, 0.2) is 0 Å². The predicted molar refractivity (Wildman–Crippen MR) is 107 cm³/mol. The molecule has 1 aliphatic heterocycles. The van der Waals surface area contributed by atoms with Crippen molar-refractivity contribution in [2.75, 3.05) is 11.9 Å². The van der Waals surface area contributed by atoms with Crippen molar-refractivity contribution in [3.63, 3.8) is 0 Å². The zero-order valence-corrected chi connectivity index (χ0v) is 16.0. The minimum Gasteiger partial charge on any atom is -0.325 e. The number of rotatable bonds is 5. The highest BCUT2D eigenvalue weighted by Crippen LogP contribution is 2.37. The van der Waals surface area contributed by atoms with E-state index < -0.39 is 11.6 Å². The first-order valence-corrected chi connectivity index (χ1v) is 9.62. The summed E-state index contributed by atoms with van der Waals surface area (Å²) < 4.78 is 0. The maximum absolute atomic E-state index is 12.6. The summed E-state index contributed by atoms with van der Waals surface area (Å²) in [5.74, 6) is -0.718. The van der Waals surface area contributed by atoms with E-state index in [1.54, 1.807) is 0 Å². The topological polar surface area (TPSA) is 78.5 Å². The van der Waals surface area contributed by atoms with Crippen LogP contribution in [-0.2, 0) is 16.0 Å². The second-order valence-electron chi connectivity index (χ2n) is 7.36. The Balaban J connectivity index is 1.46. The van der Waals surface area contributed by atoms with E-state index >= 15 is 0 Å². The standard InChI is InChI=1S/C22H23N3O3/c1-3-22(4-2)20(27)25(21(28)24-22)13-19(26)23-16-9-10-18-15(12-16)11-14-7-5-6-8-17(14)18/h5-10,12H,3-4,11,13H2,1-2H3,(H,23,26)(H,24,28). The molecule has 0 spiro atoms. The lowest BCUT2D eigenvalue weighted by Crippen LogP contribution is -2.46. The molecule has 28 heavy (non-hydrogen) atoms. The Morgan fingerprint density at radius 3 is 2.50 bits per heavy atom. The Hall–Kier alpha value is -3.15. The number of nitrogens with zero attached hydrogens (tertiary/aromatic N) is 1. The Bertz CT molecular complexity index is 979. The first kappa shape index (κ1) is 18.2. The molecule has 0 atom stereocenters. The number of carbonyl (C=O) groups is 3. The normalized spacial score (nSPS) is 16.6. The van der Waals surface area contributed by atoms with Crippen molar-refractivity contribution in [3.8, 4) is 11.1 Å². The molecule has 1 heterocycles. The molecule has 0 saturated carbocycles. The van der Waals surface area contributed by atoms with Gasteiger partial charge in [0.25, 0.3) is 5.91 Å². The average Bonchev–Trinajstić information content (AvgIpc) is 3.17. The van der Waals surface area contributed by atoms with E-state index in [1.807, 2.05) is 44.2 Å². The SMILES string of the molecule is CCC1(CC)NC(=O)N(CC(=O)Nc2ccc3c(c2)Cc2ccccc2-3)C1=O. The molecule has 0 aromatic heterocycles. The van der Waals surface area contributed by atoms with Crippen LogP contribution in [0, 0.1) is 0 Å². The molecular formula is C22H23N3O3. The summed E-state index contributed by atoms with van der Waals surface area (Å²) in [6.07, 6.45) is 1.83. The summed E-state index contributed by atoms with van der Waals surface area (Å²) in [6.45, 7) is 3.42. The van der Waals surface area contributed by atoms with E-state index in [2.05, 4.69) is 22.8 Å². The van der Waals surface area contributed by atoms with Gasteiger partial charge in [-0.15, -0.1) is 0 Å². The third-order valence-corrected chi connectivity index (χ3v) is 5.83. The highest BCUT2D eigenvalue weighted by Gasteiger charge is 2.49. The van der Waals surface area contributed by atoms with Crippen LogP contribution in [0.5, 0.6) is 0 Å². The largest absolute Gasteiger partial charge is 0.325 e. The fourth-order valence-electron chi connectivity index (χ4n) is 4.12. The molecule has 0 radical (unpaired) electrons. The van der Waals surface area contributed by atoms with Gasteiger partial charge < -0.3 is 10.6 Å². The molecule has 2 aromatic rings. The second kappa shape index (κ2) is 6.78. The lowest BCUT2D eigenvalue weighted by molar-refractivity contribution is -0.134. The molecule has 4 amide bonds. The molecule has 0 unspecified atom stereocenters. The van der Waals surface area contributed by atoms with Gasteiger partial charge in [0.1, 0.15) is 12.1 Å². The first-order chi connectivity index (χ1) is 13.5. The Kier molecular flexibility index (Phi) is 4.41. The molecule has 1 fully saturated rings. The van der Waals surface area contributed by atoms with Crippen LogP contribution in [0.4, 0.5) is 10.5 Å². The zero-order valence-electron chi connectivity index (χ0n) is 16.0. The number of carbonyl (C=O) groups excluding carboxylic acids is 3. The summed E-state index contributed by atoms with van der Waals surface area (Å²) in [5.41, 5.74) is 4.61. The third kappa shape index (κ3) is 2.85. The number of hydrogen-bond donors (Lipinski definition) is 2. The van der Waals surface area contributed by atoms with Gasteiger partial charge >= 0.3 is 6.03 Å². The van der Waals surface area contributed by atoms with Crippen LogP contribution in [0.3, 0.4) is 0 Å². The van der Waals surface area contributed by atoms with E-state index in [9.17, 15) is 14.4 Å². The zero-order chi connectivity index (χ0) is 19.9. The summed E-state index contributed by atoms with van der Waals surface area (Å²) in [6, 6.07) is 13.6. The molecule has 2 aromatic carbocycles. The molecule has 1 aliphatic carbocycles. The van der Waals surface area contributed by atoms with Crippen molar-refractivity contribution in [1.82, 2.24) is 10.2 Å². The summed E-state index contributed by atoms with van der Waals surface area (Å²) in [4.78, 5) is 38.3. The number of hydrogen-bond acceptors (Lipinski definition) is 3. The average molecular weight is 377 g/mol. The molecule has 6 heteroatoms. The van der Waals surface area contributed by atoms with E-state index in [4.69, 9.17) is 0 Å². The molecular weight excluding hydrogens is 354 g/mol. The van der Waals surface area contributed by atoms with Gasteiger partial charge in [0.2, 0.25) is 5.91 Å². The number of fused-ring (bicyclic) bond motifs is 3. The number of imide groups is 1. The van der Waals surface area contributed by atoms with E-state index in [-0.39, 0.29) is 18.4 Å². The smallest absolute Gasteiger partial charge is 0.325 e. The van der Waals surface area contributed by atoms with Crippen molar-refractivity contribution in [2.45, 2.75) is 38.6 Å². The third-order valence-electron chi connectivity index (χ3n) is 5.83.